The van der Waals surface area contributed by atoms with Crippen LogP contribution in [0, 0.1) is 0 Å². The first kappa shape index (κ1) is 13.8. The number of benzene rings is 1. The summed E-state index contributed by atoms with van der Waals surface area (Å²) in [6, 6.07) is 8.80. The van der Waals surface area contributed by atoms with Crippen LogP contribution in [0.4, 0.5) is 0 Å². The van der Waals surface area contributed by atoms with Gasteiger partial charge in [0.1, 0.15) is 0 Å². The van der Waals surface area contributed by atoms with E-state index in [-0.39, 0.29) is 6.04 Å². The summed E-state index contributed by atoms with van der Waals surface area (Å²) in [5.41, 5.74) is 1.89. The molecule has 0 aliphatic heterocycles. The maximum absolute atomic E-state index is 11.6. The summed E-state index contributed by atoms with van der Waals surface area (Å²) < 4.78 is 28.3. The van der Waals surface area contributed by atoms with Crippen LogP contribution in [-0.2, 0) is 9.84 Å². The topological polar surface area (TPSA) is 59.3 Å². The molecule has 0 fully saturated rings. The van der Waals surface area contributed by atoms with Gasteiger partial charge in [-0.15, -0.1) is 0 Å². The average Bonchev–Trinajstić information content (AvgIpc) is 2.88. The smallest absolute Gasteiger partial charge is 0.175 e. The first-order valence-corrected chi connectivity index (χ1v) is 7.97. The quantitative estimate of drug-likeness (QED) is 0.913. The molecule has 0 bridgehead atoms. The maximum atomic E-state index is 11.6. The van der Waals surface area contributed by atoms with Crippen LogP contribution < -0.4 is 5.32 Å². The van der Waals surface area contributed by atoms with Crippen molar-refractivity contribution in [2.24, 2.45) is 0 Å². The minimum absolute atomic E-state index is 0.0644. The highest BCUT2D eigenvalue weighted by atomic mass is 32.2. The lowest BCUT2D eigenvalue weighted by molar-refractivity contribution is 0.553. The lowest BCUT2D eigenvalue weighted by atomic mass is 10.0. The Morgan fingerprint density at radius 2 is 2.05 bits per heavy atom. The second kappa shape index (κ2) is 5.59. The zero-order chi connectivity index (χ0) is 13.9. The van der Waals surface area contributed by atoms with Gasteiger partial charge in [0.05, 0.1) is 23.5 Å². The Hall–Kier alpha value is -1.59. The van der Waals surface area contributed by atoms with Gasteiger partial charge in [-0.1, -0.05) is 19.1 Å². The van der Waals surface area contributed by atoms with Crippen molar-refractivity contribution in [1.82, 2.24) is 5.32 Å². The fourth-order valence-corrected chi connectivity index (χ4v) is 2.67. The molecule has 5 heteroatoms. The summed E-state index contributed by atoms with van der Waals surface area (Å²) >= 11 is 0. The first-order chi connectivity index (χ1) is 9.02. The number of sulfone groups is 1. The van der Waals surface area contributed by atoms with Gasteiger partial charge in [-0.3, -0.25) is 0 Å². The molecule has 0 radical (unpaired) electrons. The number of nitrogens with one attached hydrogen (secondary N) is 1. The van der Waals surface area contributed by atoms with Crippen molar-refractivity contribution in [1.29, 1.82) is 0 Å². The van der Waals surface area contributed by atoms with Gasteiger partial charge in [0, 0.05) is 11.8 Å². The van der Waals surface area contributed by atoms with Crippen LogP contribution >= 0.6 is 0 Å². The molecular weight excluding hydrogens is 262 g/mol. The van der Waals surface area contributed by atoms with Crippen LogP contribution in [0.15, 0.2) is 52.2 Å². The fraction of sp³-hybridized carbons (Fsp3) is 0.286. The molecule has 1 aromatic carbocycles. The Bertz CT molecular complexity index is 632. The van der Waals surface area contributed by atoms with Crippen LogP contribution in [0.1, 0.15) is 24.1 Å². The van der Waals surface area contributed by atoms with Crippen LogP contribution in [0.5, 0.6) is 0 Å². The molecule has 2 aromatic rings. The standard InChI is InChI=1S/C14H17NO3S/c1-3-15-14(12-7-8-18-10-12)11-5-4-6-13(9-11)19(2,16)17/h4-10,14-15H,3H2,1-2H3. The summed E-state index contributed by atoms with van der Waals surface area (Å²) in [5, 5.41) is 3.33. The average molecular weight is 279 g/mol. The first-order valence-electron chi connectivity index (χ1n) is 6.08. The largest absolute Gasteiger partial charge is 0.472 e. The second-order valence-corrected chi connectivity index (χ2v) is 6.41. The molecule has 0 aliphatic carbocycles. The van der Waals surface area contributed by atoms with Crippen molar-refractivity contribution in [3.63, 3.8) is 0 Å². The third-order valence-electron chi connectivity index (χ3n) is 2.90. The summed E-state index contributed by atoms with van der Waals surface area (Å²) in [4.78, 5) is 0.330. The van der Waals surface area contributed by atoms with Crippen LogP contribution in [0.25, 0.3) is 0 Å². The highest BCUT2D eigenvalue weighted by molar-refractivity contribution is 7.90. The lowest BCUT2D eigenvalue weighted by Crippen LogP contribution is -2.21. The summed E-state index contributed by atoms with van der Waals surface area (Å²) in [7, 11) is -3.19. The van der Waals surface area contributed by atoms with Crippen molar-refractivity contribution in [3.05, 3.63) is 54.0 Å². The molecule has 1 N–H and O–H groups in total. The van der Waals surface area contributed by atoms with Crippen molar-refractivity contribution < 1.29 is 12.8 Å². The maximum Gasteiger partial charge on any atom is 0.175 e. The van der Waals surface area contributed by atoms with Gasteiger partial charge in [0.2, 0.25) is 0 Å². The third-order valence-corrected chi connectivity index (χ3v) is 4.01. The molecule has 2 rings (SSSR count). The van der Waals surface area contributed by atoms with Gasteiger partial charge >= 0.3 is 0 Å². The van der Waals surface area contributed by atoms with E-state index in [9.17, 15) is 8.42 Å². The van der Waals surface area contributed by atoms with E-state index in [2.05, 4.69) is 5.32 Å². The number of hydrogen-bond acceptors (Lipinski definition) is 4. The summed E-state index contributed by atoms with van der Waals surface area (Å²) in [5.74, 6) is 0. The molecule has 1 aromatic heterocycles. The van der Waals surface area contributed by atoms with Crippen LogP contribution in [-0.4, -0.2) is 21.2 Å². The molecule has 1 atom stereocenters. The number of furan rings is 1. The van der Waals surface area contributed by atoms with Crippen molar-refractivity contribution in [2.45, 2.75) is 17.9 Å². The SMILES string of the molecule is CCNC(c1ccoc1)c1cccc(S(C)(=O)=O)c1. The van der Waals surface area contributed by atoms with Gasteiger partial charge in [-0.2, -0.15) is 0 Å². The molecule has 1 heterocycles. The molecule has 0 aliphatic rings. The van der Waals surface area contributed by atoms with Gasteiger partial charge < -0.3 is 9.73 Å². The molecule has 102 valence electrons. The van der Waals surface area contributed by atoms with E-state index >= 15 is 0 Å². The van der Waals surface area contributed by atoms with Crippen LogP contribution in [0.2, 0.25) is 0 Å². The van der Waals surface area contributed by atoms with E-state index in [1.54, 1.807) is 30.7 Å². The predicted octanol–water partition coefficient (Wildman–Crippen LogP) is 2.38. The molecule has 4 nitrogen and oxygen atoms in total. The summed E-state index contributed by atoms with van der Waals surface area (Å²) in [6.07, 6.45) is 4.49. The van der Waals surface area contributed by atoms with Gasteiger partial charge in [0.15, 0.2) is 9.84 Å². The molecular formula is C14H17NO3S. The molecule has 0 saturated heterocycles. The Kier molecular flexibility index (Phi) is 4.07. The van der Waals surface area contributed by atoms with E-state index in [4.69, 9.17) is 4.42 Å². The van der Waals surface area contributed by atoms with Gasteiger partial charge in [-0.25, -0.2) is 8.42 Å². The monoisotopic (exact) mass is 279 g/mol. The lowest BCUT2D eigenvalue weighted by Gasteiger charge is -2.17. The van der Waals surface area contributed by atoms with E-state index < -0.39 is 9.84 Å². The van der Waals surface area contributed by atoms with E-state index in [0.717, 1.165) is 17.7 Å². The fourth-order valence-electron chi connectivity index (χ4n) is 2.00. The van der Waals surface area contributed by atoms with Crippen molar-refractivity contribution in [2.75, 3.05) is 12.8 Å². The molecule has 19 heavy (non-hydrogen) atoms. The third kappa shape index (κ3) is 3.24. The zero-order valence-electron chi connectivity index (χ0n) is 11.0. The van der Waals surface area contributed by atoms with E-state index in [1.165, 1.54) is 6.26 Å². The Morgan fingerprint density at radius 3 is 2.63 bits per heavy atom. The summed E-state index contributed by atoms with van der Waals surface area (Å²) in [6.45, 7) is 2.78. The van der Waals surface area contributed by atoms with E-state index in [0.29, 0.717) is 4.90 Å². The molecule has 0 saturated carbocycles. The van der Waals surface area contributed by atoms with Crippen LogP contribution in [0.3, 0.4) is 0 Å². The Balaban J connectivity index is 2.43. The van der Waals surface area contributed by atoms with Crippen molar-refractivity contribution in [3.8, 4) is 0 Å². The minimum Gasteiger partial charge on any atom is -0.472 e. The van der Waals surface area contributed by atoms with E-state index in [1.807, 2.05) is 19.1 Å². The highest BCUT2D eigenvalue weighted by Crippen LogP contribution is 2.24. The predicted molar refractivity (Wildman–Crippen MR) is 73.8 cm³/mol. The normalized spacial score (nSPS) is 13.4. The Labute approximate surface area is 113 Å². The Morgan fingerprint density at radius 1 is 1.26 bits per heavy atom. The zero-order valence-corrected chi connectivity index (χ0v) is 11.8. The van der Waals surface area contributed by atoms with Gasteiger partial charge in [0.25, 0.3) is 0 Å². The van der Waals surface area contributed by atoms with Crippen molar-refractivity contribution >= 4 is 9.84 Å². The molecule has 0 spiro atoms. The second-order valence-electron chi connectivity index (χ2n) is 4.39. The number of hydrogen-bond donors (Lipinski definition) is 1. The minimum atomic E-state index is -3.19. The molecule has 0 amide bonds. The molecule has 1 unspecified atom stereocenters. The number of rotatable bonds is 5. The van der Waals surface area contributed by atoms with Gasteiger partial charge in [-0.05, 0) is 30.3 Å². The highest BCUT2D eigenvalue weighted by Gasteiger charge is 2.16.